The summed E-state index contributed by atoms with van der Waals surface area (Å²) >= 11 is 1.76. The quantitative estimate of drug-likeness (QED) is 0.849. The van der Waals surface area contributed by atoms with Gasteiger partial charge < -0.3 is 9.63 Å². The molecular formula is C15H20N2O2S. The van der Waals surface area contributed by atoms with Crippen molar-refractivity contribution < 1.29 is 9.63 Å². The van der Waals surface area contributed by atoms with Crippen LogP contribution in [0.5, 0.6) is 0 Å². The molecule has 0 saturated heterocycles. The van der Waals surface area contributed by atoms with Crippen LogP contribution in [0.2, 0.25) is 0 Å². The molecule has 0 atom stereocenters. The first-order valence-corrected chi connectivity index (χ1v) is 7.90. The second kappa shape index (κ2) is 7.45. The van der Waals surface area contributed by atoms with Gasteiger partial charge in [0.1, 0.15) is 0 Å². The standard InChI is InChI=1S/C15H20N2O2S/c1-11(2)7-15-16-14(17-19-15)10-20-9-13-5-3-12(8-18)4-6-13/h3-6,11,18H,7-10H2,1-2H3. The highest BCUT2D eigenvalue weighted by Crippen LogP contribution is 2.17. The van der Waals surface area contributed by atoms with Crippen molar-refractivity contribution in [3.05, 3.63) is 47.1 Å². The van der Waals surface area contributed by atoms with E-state index < -0.39 is 0 Å². The van der Waals surface area contributed by atoms with Gasteiger partial charge in [0.15, 0.2) is 5.82 Å². The summed E-state index contributed by atoms with van der Waals surface area (Å²) in [5.41, 5.74) is 2.17. The van der Waals surface area contributed by atoms with E-state index in [1.54, 1.807) is 11.8 Å². The third kappa shape index (κ3) is 4.65. The molecule has 0 fully saturated rings. The zero-order chi connectivity index (χ0) is 14.4. The zero-order valence-electron chi connectivity index (χ0n) is 11.9. The summed E-state index contributed by atoms with van der Waals surface area (Å²) < 4.78 is 5.21. The van der Waals surface area contributed by atoms with Crippen LogP contribution in [0.3, 0.4) is 0 Å². The Morgan fingerprint density at radius 2 is 1.85 bits per heavy atom. The molecule has 4 nitrogen and oxygen atoms in total. The monoisotopic (exact) mass is 292 g/mol. The highest BCUT2D eigenvalue weighted by molar-refractivity contribution is 7.97. The van der Waals surface area contributed by atoms with Crippen LogP contribution >= 0.6 is 11.8 Å². The van der Waals surface area contributed by atoms with Crippen molar-refractivity contribution in [2.75, 3.05) is 0 Å². The maximum atomic E-state index is 8.99. The third-order valence-corrected chi connectivity index (χ3v) is 3.80. The highest BCUT2D eigenvalue weighted by Gasteiger charge is 2.08. The maximum Gasteiger partial charge on any atom is 0.226 e. The summed E-state index contributed by atoms with van der Waals surface area (Å²) in [6, 6.07) is 7.98. The van der Waals surface area contributed by atoms with E-state index in [2.05, 4.69) is 24.0 Å². The number of thioether (sulfide) groups is 1. The molecule has 2 rings (SSSR count). The molecule has 0 aliphatic heterocycles. The minimum Gasteiger partial charge on any atom is -0.392 e. The Kier molecular flexibility index (Phi) is 5.61. The molecule has 0 amide bonds. The molecule has 1 heterocycles. The molecule has 20 heavy (non-hydrogen) atoms. The average molecular weight is 292 g/mol. The lowest BCUT2D eigenvalue weighted by Crippen LogP contribution is -1.94. The van der Waals surface area contributed by atoms with Crippen molar-refractivity contribution in [2.45, 2.75) is 38.4 Å². The molecule has 108 valence electrons. The van der Waals surface area contributed by atoms with Gasteiger partial charge in [-0.3, -0.25) is 0 Å². The lowest BCUT2D eigenvalue weighted by Gasteiger charge is -2.01. The van der Waals surface area contributed by atoms with Crippen LogP contribution < -0.4 is 0 Å². The number of aliphatic hydroxyl groups is 1. The van der Waals surface area contributed by atoms with Gasteiger partial charge in [-0.2, -0.15) is 4.98 Å². The number of benzene rings is 1. The lowest BCUT2D eigenvalue weighted by atomic mass is 10.1. The van der Waals surface area contributed by atoms with Crippen LogP contribution in [-0.4, -0.2) is 15.2 Å². The Labute approximate surface area is 123 Å². The lowest BCUT2D eigenvalue weighted by molar-refractivity contribution is 0.282. The van der Waals surface area contributed by atoms with Gasteiger partial charge in [0.05, 0.1) is 12.4 Å². The Bertz CT molecular complexity index is 523. The van der Waals surface area contributed by atoms with Crippen molar-refractivity contribution in [1.29, 1.82) is 0 Å². The van der Waals surface area contributed by atoms with E-state index in [-0.39, 0.29) is 6.61 Å². The largest absolute Gasteiger partial charge is 0.392 e. The fourth-order valence-electron chi connectivity index (χ4n) is 1.78. The molecule has 0 aliphatic carbocycles. The number of aromatic nitrogens is 2. The predicted octanol–water partition coefficient (Wildman–Crippen LogP) is 3.19. The van der Waals surface area contributed by atoms with Gasteiger partial charge in [-0.05, 0) is 17.0 Å². The van der Waals surface area contributed by atoms with E-state index in [0.29, 0.717) is 5.92 Å². The van der Waals surface area contributed by atoms with Crippen molar-refractivity contribution >= 4 is 11.8 Å². The summed E-state index contributed by atoms with van der Waals surface area (Å²) in [5, 5.41) is 13.0. The predicted molar refractivity (Wildman–Crippen MR) is 80.2 cm³/mol. The van der Waals surface area contributed by atoms with Crippen LogP contribution in [-0.2, 0) is 24.5 Å². The molecule has 1 aromatic heterocycles. The number of hydrogen-bond acceptors (Lipinski definition) is 5. The Balaban J connectivity index is 1.78. The van der Waals surface area contributed by atoms with Crippen LogP contribution in [0.4, 0.5) is 0 Å². The second-order valence-corrected chi connectivity index (χ2v) is 6.16. The fraction of sp³-hybridized carbons (Fsp3) is 0.467. The number of rotatable bonds is 7. The van der Waals surface area contributed by atoms with E-state index in [9.17, 15) is 0 Å². The smallest absolute Gasteiger partial charge is 0.226 e. The Morgan fingerprint density at radius 1 is 1.15 bits per heavy atom. The summed E-state index contributed by atoms with van der Waals surface area (Å²) in [6.45, 7) is 4.36. The number of nitrogens with zero attached hydrogens (tertiary/aromatic N) is 2. The molecule has 2 aromatic rings. The van der Waals surface area contributed by atoms with Gasteiger partial charge in [-0.25, -0.2) is 0 Å². The third-order valence-electron chi connectivity index (χ3n) is 2.80. The molecule has 1 aromatic carbocycles. The Morgan fingerprint density at radius 3 is 2.50 bits per heavy atom. The molecule has 0 aliphatic rings. The minimum atomic E-state index is 0.0922. The molecule has 0 radical (unpaired) electrons. The van der Waals surface area contributed by atoms with Crippen molar-refractivity contribution in [2.24, 2.45) is 5.92 Å². The van der Waals surface area contributed by atoms with Gasteiger partial charge in [0.25, 0.3) is 0 Å². The molecule has 1 N–H and O–H groups in total. The Hall–Kier alpha value is -1.33. The van der Waals surface area contributed by atoms with Gasteiger partial charge in [0.2, 0.25) is 5.89 Å². The maximum absolute atomic E-state index is 8.99. The molecule has 0 bridgehead atoms. The SMILES string of the molecule is CC(C)Cc1nc(CSCc2ccc(CO)cc2)no1. The van der Waals surface area contributed by atoms with Crippen LogP contribution in [0, 0.1) is 5.92 Å². The molecule has 5 heteroatoms. The summed E-state index contributed by atoms with van der Waals surface area (Å²) in [4.78, 5) is 4.38. The summed E-state index contributed by atoms with van der Waals surface area (Å²) in [6.07, 6.45) is 0.834. The van der Waals surface area contributed by atoms with E-state index in [4.69, 9.17) is 9.63 Å². The summed E-state index contributed by atoms with van der Waals surface area (Å²) in [5.74, 6) is 3.67. The van der Waals surface area contributed by atoms with Crippen LogP contribution in [0.1, 0.15) is 36.7 Å². The first-order chi connectivity index (χ1) is 9.67. The highest BCUT2D eigenvalue weighted by atomic mass is 32.2. The van der Waals surface area contributed by atoms with E-state index in [1.165, 1.54) is 5.56 Å². The van der Waals surface area contributed by atoms with E-state index in [1.807, 2.05) is 24.3 Å². The molecule has 0 spiro atoms. The van der Waals surface area contributed by atoms with Crippen LogP contribution in [0.25, 0.3) is 0 Å². The topological polar surface area (TPSA) is 59.2 Å². The van der Waals surface area contributed by atoms with Crippen molar-refractivity contribution in [3.8, 4) is 0 Å². The van der Waals surface area contributed by atoms with Gasteiger partial charge in [-0.15, -0.1) is 11.8 Å². The molecule has 0 unspecified atom stereocenters. The second-order valence-electron chi connectivity index (χ2n) is 5.17. The van der Waals surface area contributed by atoms with Crippen molar-refractivity contribution in [1.82, 2.24) is 10.1 Å². The average Bonchev–Trinajstić information content (AvgIpc) is 2.86. The fourth-order valence-corrected chi connectivity index (χ4v) is 2.61. The number of aliphatic hydroxyl groups excluding tert-OH is 1. The van der Waals surface area contributed by atoms with E-state index >= 15 is 0 Å². The minimum absolute atomic E-state index is 0.0922. The first-order valence-electron chi connectivity index (χ1n) is 6.75. The van der Waals surface area contributed by atoms with E-state index in [0.717, 1.165) is 35.2 Å². The van der Waals surface area contributed by atoms with Gasteiger partial charge >= 0.3 is 0 Å². The molecular weight excluding hydrogens is 272 g/mol. The van der Waals surface area contributed by atoms with Gasteiger partial charge in [0, 0.05) is 12.2 Å². The first kappa shape index (κ1) is 15.1. The normalized spacial score (nSPS) is 11.2. The number of hydrogen-bond donors (Lipinski definition) is 1. The summed E-state index contributed by atoms with van der Waals surface area (Å²) in [7, 11) is 0. The van der Waals surface area contributed by atoms with Crippen molar-refractivity contribution in [3.63, 3.8) is 0 Å². The van der Waals surface area contributed by atoms with Gasteiger partial charge in [-0.1, -0.05) is 43.3 Å². The molecule has 0 saturated carbocycles. The zero-order valence-corrected chi connectivity index (χ0v) is 12.7. The van der Waals surface area contributed by atoms with Crippen LogP contribution in [0.15, 0.2) is 28.8 Å².